The Morgan fingerprint density at radius 3 is 2.10 bits per heavy atom. The fraction of sp³-hybridized carbons (Fsp3) is 0.294. The number of fused-ring (bicyclic) bond motifs is 6. The lowest BCUT2D eigenvalue weighted by Crippen LogP contribution is -2.48. The molecule has 0 aliphatic heterocycles. The maximum atomic E-state index is 16.1. The van der Waals surface area contributed by atoms with Crippen LogP contribution >= 0.6 is 0 Å². The van der Waals surface area contributed by atoms with E-state index < -0.39 is 69.3 Å². The lowest BCUT2D eigenvalue weighted by molar-refractivity contribution is 0.0499. The van der Waals surface area contributed by atoms with Crippen LogP contribution < -0.4 is 16.9 Å². The van der Waals surface area contributed by atoms with Crippen LogP contribution in [0.3, 0.4) is 0 Å². The number of hydrogen-bond donors (Lipinski definition) is 0. The van der Waals surface area contributed by atoms with Gasteiger partial charge in [-0.1, -0.05) is 0 Å². The van der Waals surface area contributed by atoms with Gasteiger partial charge in [-0.25, -0.2) is 32.9 Å². The van der Waals surface area contributed by atoms with Crippen LogP contribution in [0.2, 0.25) is 0 Å². The van der Waals surface area contributed by atoms with Gasteiger partial charge in [0.1, 0.15) is 28.4 Å². The lowest BCUT2D eigenvalue weighted by Gasteiger charge is -2.22. The molecule has 4 aromatic heterocycles. The normalized spacial score (nSPS) is 12.4. The molecule has 2 aromatic carbocycles. The summed E-state index contributed by atoms with van der Waals surface area (Å²) in [4.78, 5) is 71.2. The van der Waals surface area contributed by atoms with Gasteiger partial charge < -0.3 is 18.5 Å². The molecule has 0 aliphatic carbocycles. The van der Waals surface area contributed by atoms with Crippen LogP contribution in [-0.2, 0) is 16.0 Å². The molecule has 0 saturated carbocycles. The molecule has 12 nitrogen and oxygen atoms in total. The number of aryl methyl sites for hydroxylation is 1. The maximum absolute atomic E-state index is 16.1. The number of pyridine rings is 1. The molecule has 0 unspecified atom stereocenters. The molecular weight excluding hydrogens is 630 g/mol. The molecule has 6 aromatic rings. The van der Waals surface area contributed by atoms with E-state index in [-0.39, 0.29) is 26.9 Å². The molecule has 0 N–H and O–H groups in total. The summed E-state index contributed by atoms with van der Waals surface area (Å²) in [5.74, 6) is -1.57. The number of rotatable bonds is 2. The van der Waals surface area contributed by atoms with E-state index in [1.807, 2.05) is 0 Å². The van der Waals surface area contributed by atoms with Gasteiger partial charge in [-0.2, -0.15) is 9.13 Å². The Labute approximate surface area is 269 Å². The summed E-state index contributed by atoms with van der Waals surface area (Å²) in [7, 11) is 0. The van der Waals surface area contributed by atoms with Gasteiger partial charge in [-0.3, -0.25) is 4.79 Å². The van der Waals surface area contributed by atoms with Crippen LogP contribution in [-0.4, -0.2) is 42.1 Å². The number of aromatic nitrogens is 4. The van der Waals surface area contributed by atoms with Crippen molar-refractivity contribution < 1.29 is 32.3 Å². The first-order valence-electron chi connectivity index (χ1n) is 14.8. The van der Waals surface area contributed by atoms with Crippen LogP contribution in [0.25, 0.3) is 43.8 Å². The second kappa shape index (κ2) is 11.0. The maximum Gasteiger partial charge on any atom is 0.425 e. The van der Waals surface area contributed by atoms with Gasteiger partial charge in [0, 0.05) is 27.9 Å². The van der Waals surface area contributed by atoms with E-state index in [1.165, 1.54) is 58.4 Å². The first kappa shape index (κ1) is 32.3. The third-order valence-electron chi connectivity index (χ3n) is 7.47. The molecular formula is C34H30F2N4O8. The minimum Gasteiger partial charge on any atom is -0.443 e. The van der Waals surface area contributed by atoms with Crippen molar-refractivity contribution in [2.45, 2.75) is 66.2 Å². The van der Waals surface area contributed by atoms with Crippen LogP contribution in [0.1, 0.15) is 52.7 Å². The third kappa shape index (κ3) is 5.42. The second-order valence-corrected chi connectivity index (χ2v) is 13.4. The monoisotopic (exact) mass is 660 g/mol. The molecule has 0 amide bonds. The number of halogens is 2. The van der Waals surface area contributed by atoms with E-state index >= 15 is 4.39 Å². The van der Waals surface area contributed by atoms with Crippen molar-refractivity contribution in [3.8, 4) is 0 Å². The molecule has 0 spiro atoms. The molecule has 14 heteroatoms. The highest BCUT2D eigenvalue weighted by atomic mass is 19.1. The van der Waals surface area contributed by atoms with Crippen molar-refractivity contribution in [3.63, 3.8) is 0 Å². The van der Waals surface area contributed by atoms with Crippen molar-refractivity contribution in [3.05, 3.63) is 96.6 Å². The van der Waals surface area contributed by atoms with Gasteiger partial charge in [0.2, 0.25) is 5.71 Å². The highest BCUT2D eigenvalue weighted by molar-refractivity contribution is 6.18. The minimum atomic E-state index is -1.42. The fourth-order valence-corrected chi connectivity index (χ4v) is 5.54. The van der Waals surface area contributed by atoms with Crippen molar-refractivity contribution in [1.82, 2.24) is 18.7 Å². The zero-order valence-electron chi connectivity index (χ0n) is 27.1. The summed E-state index contributed by atoms with van der Waals surface area (Å²) < 4.78 is 49.0. The number of nitrogens with zero attached hydrogens (tertiary/aromatic N) is 4. The molecule has 0 aliphatic rings. The van der Waals surface area contributed by atoms with Crippen molar-refractivity contribution in [2.75, 3.05) is 0 Å². The Bertz CT molecular complexity index is 2550. The Kier molecular flexibility index (Phi) is 7.37. The van der Waals surface area contributed by atoms with E-state index in [0.717, 1.165) is 12.1 Å². The van der Waals surface area contributed by atoms with Gasteiger partial charge in [0.05, 0.1) is 23.0 Å². The van der Waals surface area contributed by atoms with E-state index in [2.05, 4.69) is 4.98 Å². The molecule has 0 saturated heterocycles. The molecule has 0 fully saturated rings. The van der Waals surface area contributed by atoms with Crippen LogP contribution in [0.5, 0.6) is 0 Å². The fourth-order valence-electron chi connectivity index (χ4n) is 5.54. The summed E-state index contributed by atoms with van der Waals surface area (Å²) in [5.41, 5.74) is -5.79. The van der Waals surface area contributed by atoms with Crippen molar-refractivity contribution in [2.24, 2.45) is 0 Å². The van der Waals surface area contributed by atoms with Gasteiger partial charge in [0.15, 0.2) is 0 Å². The summed E-state index contributed by atoms with van der Waals surface area (Å²) in [6, 6.07) is 7.94. The smallest absolute Gasteiger partial charge is 0.425 e. The Morgan fingerprint density at radius 1 is 0.833 bits per heavy atom. The summed E-state index contributed by atoms with van der Waals surface area (Å²) in [6.07, 6.45) is -1.19. The Hall–Kier alpha value is -5.66. The van der Waals surface area contributed by atoms with Crippen molar-refractivity contribution >= 4 is 56.0 Å². The zero-order chi connectivity index (χ0) is 35.0. The topological polar surface area (TPSA) is 145 Å². The number of carbonyl (C=O) groups excluding carboxylic acids is 2. The summed E-state index contributed by atoms with van der Waals surface area (Å²) in [5, 5.41) is 0.927. The van der Waals surface area contributed by atoms with Crippen LogP contribution in [0, 0.1) is 18.6 Å². The first-order chi connectivity index (χ1) is 22.4. The lowest BCUT2D eigenvalue weighted by atomic mass is 10.1. The van der Waals surface area contributed by atoms with Crippen LogP contribution in [0.15, 0.2) is 61.4 Å². The number of carbonyl (C=O) groups is 2. The predicted octanol–water partition coefficient (Wildman–Crippen LogP) is 5.97. The second-order valence-electron chi connectivity index (χ2n) is 13.4. The van der Waals surface area contributed by atoms with Crippen molar-refractivity contribution in [1.29, 1.82) is 0 Å². The number of hydrogen-bond acceptors (Lipinski definition) is 9. The molecule has 4 heterocycles. The summed E-state index contributed by atoms with van der Waals surface area (Å²) >= 11 is 0. The first-order valence-corrected chi connectivity index (χ1v) is 14.8. The standard InChI is InChI=1S/C34H30F2N4O8/c1-16-11-19-23(13-21(16)35)38(26-25(19)18-9-8-10-37-27(18)46-29(26)42)15-17-12-20-24(14-22(17)36)39(31(44)47-33(2,3)4)30(43)40(28(20)41)32(45)48-34(5,6)7/h8-14H,15H2,1-7H3. The number of ether oxygens (including phenoxy) is 2. The molecule has 0 atom stereocenters. The van der Waals surface area contributed by atoms with Gasteiger partial charge >= 0.3 is 23.5 Å². The SMILES string of the molecule is Cc1cc2c3c4cccnc4oc(=O)c3n(Cc3cc4c(=O)n(C(=O)OC(C)(C)C)c(=O)n(C(=O)OC(C)(C)C)c4cc3F)c2cc1F. The zero-order valence-corrected chi connectivity index (χ0v) is 27.1. The molecule has 248 valence electrons. The molecule has 0 bridgehead atoms. The average Bonchev–Trinajstić information content (AvgIpc) is 3.25. The van der Waals surface area contributed by atoms with E-state index in [9.17, 15) is 28.4 Å². The number of benzene rings is 2. The predicted molar refractivity (Wildman–Crippen MR) is 173 cm³/mol. The Morgan fingerprint density at radius 2 is 1.46 bits per heavy atom. The van der Waals surface area contributed by atoms with Gasteiger partial charge in [0.25, 0.3) is 5.56 Å². The highest BCUT2D eigenvalue weighted by Crippen LogP contribution is 2.35. The van der Waals surface area contributed by atoms with Gasteiger partial charge in [-0.15, -0.1) is 0 Å². The van der Waals surface area contributed by atoms with E-state index in [0.29, 0.717) is 26.3 Å². The summed E-state index contributed by atoms with van der Waals surface area (Å²) in [6.45, 7) is 10.3. The average molecular weight is 661 g/mol. The molecule has 48 heavy (non-hydrogen) atoms. The molecule has 6 rings (SSSR count). The van der Waals surface area contributed by atoms with E-state index in [4.69, 9.17) is 13.9 Å². The Balaban J connectivity index is 1.66. The third-order valence-corrected chi connectivity index (χ3v) is 7.47. The van der Waals surface area contributed by atoms with Gasteiger partial charge in [-0.05, 0) is 90.4 Å². The molecule has 0 radical (unpaired) electrons. The quantitative estimate of drug-likeness (QED) is 0.219. The minimum absolute atomic E-state index is 0.0140. The van der Waals surface area contributed by atoms with E-state index in [1.54, 1.807) is 25.1 Å². The highest BCUT2D eigenvalue weighted by Gasteiger charge is 2.29. The largest absolute Gasteiger partial charge is 0.443 e. The van der Waals surface area contributed by atoms with Crippen LogP contribution in [0.4, 0.5) is 18.4 Å².